The molecule has 1 amide bonds. The normalized spacial score (nSPS) is 15.5. The van der Waals surface area contributed by atoms with Gasteiger partial charge in [0.2, 0.25) is 5.91 Å². The number of hydrazone groups is 1. The molecule has 5 nitrogen and oxygen atoms in total. The highest BCUT2D eigenvalue weighted by atomic mass is 32.1. The molecule has 3 rings (SSSR count). The Morgan fingerprint density at radius 3 is 3.00 bits per heavy atom. The second-order valence-corrected chi connectivity index (χ2v) is 4.76. The third kappa shape index (κ3) is 1.99. The minimum atomic E-state index is -0.0138. The number of imidazole rings is 1. The Labute approximate surface area is 102 Å². The van der Waals surface area contributed by atoms with Gasteiger partial charge in [-0.05, 0) is 12.1 Å². The number of nitrogens with zero attached hydrogens (tertiary/aromatic N) is 3. The van der Waals surface area contributed by atoms with Gasteiger partial charge in [0.05, 0.1) is 16.9 Å². The number of carbonyl (C=O) groups is 1. The molecule has 0 atom stereocenters. The summed E-state index contributed by atoms with van der Waals surface area (Å²) in [5, 5.41) is 5.17. The maximum atomic E-state index is 11.0. The van der Waals surface area contributed by atoms with Crippen LogP contribution in [-0.2, 0) is 4.79 Å². The first-order chi connectivity index (χ1) is 8.33. The quantitative estimate of drug-likeness (QED) is 0.874. The molecule has 0 spiro atoms. The van der Waals surface area contributed by atoms with Crippen molar-refractivity contribution in [1.29, 1.82) is 0 Å². The van der Waals surface area contributed by atoms with E-state index in [0.29, 0.717) is 12.8 Å². The lowest BCUT2D eigenvalue weighted by Crippen LogP contribution is -2.25. The topological polar surface area (TPSA) is 59.3 Å². The van der Waals surface area contributed by atoms with Crippen molar-refractivity contribution < 1.29 is 4.79 Å². The highest BCUT2D eigenvalue weighted by Crippen LogP contribution is 2.23. The van der Waals surface area contributed by atoms with E-state index in [4.69, 9.17) is 0 Å². The fraction of sp³-hybridized carbons (Fsp3) is 0.182. The molecular formula is C11H10N4OS. The minimum absolute atomic E-state index is 0.0138. The summed E-state index contributed by atoms with van der Waals surface area (Å²) in [5.74, 6) is -0.0138. The van der Waals surface area contributed by atoms with Crippen molar-refractivity contribution in [2.75, 3.05) is 0 Å². The Hall–Kier alpha value is -1.95. The molecule has 0 fully saturated rings. The van der Waals surface area contributed by atoms with Crippen LogP contribution in [0.25, 0.3) is 5.00 Å². The van der Waals surface area contributed by atoms with Crippen molar-refractivity contribution in [3.05, 3.63) is 35.7 Å². The van der Waals surface area contributed by atoms with Gasteiger partial charge in [0.1, 0.15) is 5.00 Å². The van der Waals surface area contributed by atoms with E-state index < -0.39 is 0 Å². The number of carbonyl (C=O) groups excluding carboxylic acids is 1. The summed E-state index contributed by atoms with van der Waals surface area (Å²) in [6.07, 6.45) is 6.63. The molecule has 1 aliphatic heterocycles. The molecule has 0 bridgehead atoms. The molecule has 3 heterocycles. The molecule has 86 valence electrons. The predicted octanol–water partition coefficient (Wildman–Crippen LogP) is 1.55. The third-order valence-electron chi connectivity index (χ3n) is 2.54. The summed E-state index contributed by atoms with van der Waals surface area (Å²) in [6.45, 7) is 0. The van der Waals surface area contributed by atoms with Crippen LogP contribution in [0.5, 0.6) is 0 Å². The van der Waals surface area contributed by atoms with Crippen LogP contribution in [-0.4, -0.2) is 21.2 Å². The lowest BCUT2D eigenvalue weighted by atomic mass is 10.1. The summed E-state index contributed by atoms with van der Waals surface area (Å²) in [4.78, 5) is 16.1. The van der Waals surface area contributed by atoms with Crippen LogP contribution in [0.2, 0.25) is 0 Å². The van der Waals surface area contributed by atoms with Gasteiger partial charge in [-0.3, -0.25) is 9.36 Å². The third-order valence-corrected chi connectivity index (χ3v) is 3.69. The molecule has 17 heavy (non-hydrogen) atoms. The summed E-state index contributed by atoms with van der Waals surface area (Å²) < 4.78 is 1.95. The fourth-order valence-corrected chi connectivity index (χ4v) is 2.64. The molecule has 0 saturated heterocycles. The Balaban J connectivity index is 1.88. The second kappa shape index (κ2) is 4.14. The van der Waals surface area contributed by atoms with Crippen molar-refractivity contribution in [2.45, 2.75) is 12.8 Å². The van der Waals surface area contributed by atoms with Crippen molar-refractivity contribution in [3.8, 4) is 5.00 Å². The van der Waals surface area contributed by atoms with E-state index in [-0.39, 0.29) is 5.91 Å². The largest absolute Gasteiger partial charge is 0.298 e. The molecule has 1 aliphatic rings. The molecule has 1 N–H and O–H groups in total. The summed E-state index contributed by atoms with van der Waals surface area (Å²) >= 11 is 1.64. The first kappa shape index (κ1) is 10.2. The smallest absolute Gasteiger partial charge is 0.240 e. The Morgan fingerprint density at radius 1 is 1.35 bits per heavy atom. The Kier molecular flexibility index (Phi) is 2.49. The van der Waals surface area contributed by atoms with Crippen LogP contribution in [0.15, 0.2) is 36.0 Å². The van der Waals surface area contributed by atoms with Crippen LogP contribution in [0.3, 0.4) is 0 Å². The summed E-state index contributed by atoms with van der Waals surface area (Å²) in [6, 6.07) is 4.05. The van der Waals surface area contributed by atoms with E-state index in [9.17, 15) is 4.79 Å². The van der Waals surface area contributed by atoms with Crippen LogP contribution in [0.4, 0.5) is 0 Å². The number of thiophene rings is 1. The molecule has 0 unspecified atom stereocenters. The van der Waals surface area contributed by atoms with Crippen LogP contribution >= 0.6 is 11.3 Å². The van der Waals surface area contributed by atoms with E-state index in [0.717, 1.165) is 15.6 Å². The van der Waals surface area contributed by atoms with E-state index >= 15 is 0 Å². The lowest BCUT2D eigenvalue weighted by Gasteiger charge is -2.09. The lowest BCUT2D eigenvalue weighted by molar-refractivity contribution is -0.121. The zero-order chi connectivity index (χ0) is 11.7. The van der Waals surface area contributed by atoms with Gasteiger partial charge in [-0.25, -0.2) is 10.4 Å². The van der Waals surface area contributed by atoms with Crippen molar-refractivity contribution in [3.63, 3.8) is 0 Å². The van der Waals surface area contributed by atoms with Gasteiger partial charge < -0.3 is 0 Å². The highest BCUT2D eigenvalue weighted by Gasteiger charge is 2.15. The number of hydrogen-bond acceptors (Lipinski definition) is 4. The number of nitrogens with one attached hydrogen (secondary N) is 1. The molecule has 2 aromatic rings. The van der Waals surface area contributed by atoms with E-state index in [1.54, 1.807) is 23.9 Å². The van der Waals surface area contributed by atoms with Crippen LogP contribution < -0.4 is 5.43 Å². The number of aromatic nitrogens is 2. The fourth-order valence-electron chi connectivity index (χ4n) is 1.66. The summed E-state index contributed by atoms with van der Waals surface area (Å²) in [5.41, 5.74) is 3.46. The minimum Gasteiger partial charge on any atom is -0.298 e. The van der Waals surface area contributed by atoms with Gasteiger partial charge in [0.25, 0.3) is 0 Å². The Morgan fingerprint density at radius 2 is 2.29 bits per heavy atom. The Bertz CT molecular complexity index is 570. The van der Waals surface area contributed by atoms with E-state index in [1.165, 1.54) is 0 Å². The van der Waals surface area contributed by atoms with E-state index in [1.807, 2.05) is 22.9 Å². The van der Waals surface area contributed by atoms with Gasteiger partial charge in [0, 0.05) is 25.2 Å². The van der Waals surface area contributed by atoms with Crippen molar-refractivity contribution >= 4 is 23.0 Å². The number of amides is 1. The van der Waals surface area contributed by atoms with Crippen molar-refractivity contribution in [1.82, 2.24) is 15.0 Å². The molecule has 6 heteroatoms. The molecule has 0 saturated carbocycles. The zero-order valence-corrected chi connectivity index (χ0v) is 9.78. The van der Waals surface area contributed by atoms with Gasteiger partial charge in [0.15, 0.2) is 0 Å². The van der Waals surface area contributed by atoms with Crippen molar-refractivity contribution in [2.24, 2.45) is 5.10 Å². The average Bonchev–Trinajstić information content (AvgIpc) is 3.00. The van der Waals surface area contributed by atoms with Crippen LogP contribution in [0.1, 0.15) is 17.7 Å². The molecule has 0 aliphatic carbocycles. The number of rotatable bonds is 2. The predicted molar refractivity (Wildman–Crippen MR) is 65.4 cm³/mol. The molecule has 0 radical (unpaired) electrons. The zero-order valence-electron chi connectivity index (χ0n) is 8.96. The standard InChI is InChI=1S/C11H10N4OS/c16-10-3-1-8(13-14-10)9-2-4-11(17-9)15-6-5-12-7-15/h2,4-7H,1,3H2,(H,14,16). The van der Waals surface area contributed by atoms with Gasteiger partial charge in [-0.15, -0.1) is 11.3 Å². The molecular weight excluding hydrogens is 236 g/mol. The van der Waals surface area contributed by atoms with E-state index in [2.05, 4.69) is 15.5 Å². The van der Waals surface area contributed by atoms with Gasteiger partial charge in [-0.1, -0.05) is 0 Å². The maximum absolute atomic E-state index is 11.0. The highest BCUT2D eigenvalue weighted by molar-refractivity contribution is 7.16. The first-order valence-corrected chi connectivity index (χ1v) is 6.08. The first-order valence-electron chi connectivity index (χ1n) is 5.27. The summed E-state index contributed by atoms with van der Waals surface area (Å²) in [7, 11) is 0. The molecule has 0 aromatic carbocycles. The maximum Gasteiger partial charge on any atom is 0.240 e. The second-order valence-electron chi connectivity index (χ2n) is 3.70. The molecule has 2 aromatic heterocycles. The monoisotopic (exact) mass is 246 g/mol. The average molecular weight is 246 g/mol. The number of hydrogen-bond donors (Lipinski definition) is 1. The van der Waals surface area contributed by atoms with Gasteiger partial charge in [-0.2, -0.15) is 5.10 Å². The van der Waals surface area contributed by atoms with Crippen LogP contribution in [0, 0.1) is 0 Å². The SMILES string of the molecule is O=C1CCC(c2ccc(-n3ccnc3)s2)=NN1. The van der Waals surface area contributed by atoms with Gasteiger partial charge >= 0.3 is 0 Å².